The Hall–Kier alpha value is -3.60. The molecule has 2 fully saturated rings. The Morgan fingerprint density at radius 2 is 2.00 bits per heavy atom. The van der Waals surface area contributed by atoms with Crippen molar-refractivity contribution in [2.75, 3.05) is 6.61 Å². The summed E-state index contributed by atoms with van der Waals surface area (Å²) < 4.78 is 35.0. The molecule has 0 unspecified atom stereocenters. The van der Waals surface area contributed by atoms with Gasteiger partial charge in [0, 0.05) is 23.7 Å². The van der Waals surface area contributed by atoms with Gasteiger partial charge in [0.2, 0.25) is 5.91 Å². The molecule has 2 aliphatic rings. The number of alkyl halides is 1. The van der Waals surface area contributed by atoms with E-state index in [9.17, 15) is 23.5 Å². The summed E-state index contributed by atoms with van der Waals surface area (Å²) in [6.07, 6.45) is 1.79. The number of rotatable bonds is 8. The van der Waals surface area contributed by atoms with Gasteiger partial charge in [0.05, 0.1) is 23.7 Å². The number of amides is 2. The minimum atomic E-state index is -1.36. The molecule has 2 saturated carbocycles. The second-order valence-corrected chi connectivity index (χ2v) is 10.3. The molecule has 0 bridgehead atoms. The smallest absolute Gasteiger partial charge is 0.255 e. The Morgan fingerprint density at radius 1 is 1.21 bits per heavy atom. The lowest BCUT2D eigenvalue weighted by atomic mass is 9.89. The van der Waals surface area contributed by atoms with Gasteiger partial charge in [0.25, 0.3) is 5.91 Å². The molecule has 0 radical (unpaired) electrons. The van der Waals surface area contributed by atoms with Crippen LogP contribution in [0, 0.1) is 18.7 Å². The van der Waals surface area contributed by atoms with Crippen molar-refractivity contribution in [3.63, 3.8) is 0 Å². The fourth-order valence-electron chi connectivity index (χ4n) is 4.88. The Morgan fingerprint density at radius 3 is 2.71 bits per heavy atom. The van der Waals surface area contributed by atoms with E-state index in [1.54, 1.807) is 13.0 Å². The Bertz CT molecular complexity index is 1360. The number of aryl methyl sites for hydroxylation is 1. The molecule has 5 rings (SSSR count). The number of aliphatic hydroxyl groups is 1. The average Bonchev–Trinajstić information content (AvgIpc) is 3.64. The van der Waals surface area contributed by atoms with Crippen molar-refractivity contribution < 1.29 is 28.2 Å². The van der Waals surface area contributed by atoms with Crippen LogP contribution in [0.15, 0.2) is 24.5 Å². The molecule has 0 aliphatic heterocycles. The van der Waals surface area contributed by atoms with Gasteiger partial charge in [-0.25, -0.2) is 18.7 Å². The summed E-state index contributed by atoms with van der Waals surface area (Å²) in [5, 5.41) is 14.8. The van der Waals surface area contributed by atoms with E-state index >= 15 is 0 Å². The molecule has 0 spiro atoms. The van der Waals surface area contributed by atoms with Gasteiger partial charge < -0.3 is 25.5 Å². The first-order chi connectivity index (χ1) is 18.2. The highest BCUT2D eigenvalue weighted by Gasteiger charge is 2.34. The van der Waals surface area contributed by atoms with E-state index in [2.05, 4.69) is 25.6 Å². The van der Waals surface area contributed by atoms with Crippen LogP contribution in [0.2, 0.25) is 0 Å². The van der Waals surface area contributed by atoms with Gasteiger partial charge in [-0.2, -0.15) is 0 Å². The number of H-pyrrole nitrogens is 1. The summed E-state index contributed by atoms with van der Waals surface area (Å²) in [6, 6.07) is 3.13. The number of hydrogen-bond acceptors (Lipinski definition) is 6. The number of hydrogen-bond donors (Lipinski definition) is 4. The van der Waals surface area contributed by atoms with Crippen molar-refractivity contribution in [1.82, 2.24) is 25.6 Å². The third kappa shape index (κ3) is 5.47. The molecule has 11 heteroatoms. The van der Waals surface area contributed by atoms with Crippen LogP contribution in [0.3, 0.4) is 0 Å². The van der Waals surface area contributed by atoms with Crippen LogP contribution in [-0.2, 0) is 4.79 Å². The Balaban J connectivity index is 1.36. The van der Waals surface area contributed by atoms with Crippen LogP contribution in [-0.4, -0.2) is 62.8 Å². The zero-order valence-corrected chi connectivity index (χ0v) is 21.3. The fraction of sp³-hybridized carbons (Fsp3) is 0.481. The van der Waals surface area contributed by atoms with Crippen molar-refractivity contribution in [2.45, 2.75) is 70.3 Å². The first-order valence-electron chi connectivity index (χ1n) is 12.9. The summed E-state index contributed by atoms with van der Waals surface area (Å²) in [6.45, 7) is 3.60. The first-order valence-corrected chi connectivity index (χ1v) is 12.9. The van der Waals surface area contributed by atoms with Crippen molar-refractivity contribution in [2.24, 2.45) is 5.92 Å². The highest BCUT2D eigenvalue weighted by atomic mass is 19.1. The lowest BCUT2D eigenvalue weighted by Gasteiger charge is -2.32. The minimum Gasteiger partial charge on any atom is -0.493 e. The largest absolute Gasteiger partial charge is 0.493 e. The molecular weight excluding hydrogens is 496 g/mol. The molecule has 0 saturated heterocycles. The third-order valence-corrected chi connectivity index (χ3v) is 7.18. The molecule has 202 valence electrons. The number of aromatic nitrogens is 3. The predicted molar refractivity (Wildman–Crippen MR) is 136 cm³/mol. The number of aromatic amines is 1. The highest BCUT2D eigenvalue weighted by Crippen LogP contribution is 2.37. The van der Waals surface area contributed by atoms with Gasteiger partial charge in [-0.1, -0.05) is 0 Å². The summed E-state index contributed by atoms with van der Waals surface area (Å²) >= 11 is 0. The van der Waals surface area contributed by atoms with Gasteiger partial charge in [-0.3, -0.25) is 9.59 Å². The number of nitrogens with zero attached hydrogens (tertiary/aromatic N) is 2. The van der Waals surface area contributed by atoms with Crippen molar-refractivity contribution in [1.29, 1.82) is 0 Å². The molecule has 38 heavy (non-hydrogen) atoms. The molecule has 2 amide bonds. The van der Waals surface area contributed by atoms with Gasteiger partial charge >= 0.3 is 0 Å². The normalized spacial score (nSPS) is 22.2. The average molecular weight is 528 g/mol. The van der Waals surface area contributed by atoms with Crippen LogP contribution < -0.4 is 15.4 Å². The summed E-state index contributed by atoms with van der Waals surface area (Å²) in [7, 11) is 0. The summed E-state index contributed by atoms with van der Waals surface area (Å²) in [5.74, 6) is -0.455. The van der Waals surface area contributed by atoms with Crippen molar-refractivity contribution in [3.8, 4) is 17.0 Å². The summed E-state index contributed by atoms with van der Waals surface area (Å²) in [5.41, 5.74) is 2.58. The number of ether oxygens (including phenoxy) is 1. The number of carbonyl (C=O) groups is 2. The topological polar surface area (TPSA) is 129 Å². The second kappa shape index (κ2) is 10.6. The second-order valence-electron chi connectivity index (χ2n) is 10.3. The van der Waals surface area contributed by atoms with Crippen molar-refractivity contribution in [3.05, 3.63) is 41.6 Å². The molecule has 3 aromatic rings. The van der Waals surface area contributed by atoms with Crippen LogP contribution in [0.5, 0.6) is 5.75 Å². The van der Waals surface area contributed by atoms with E-state index in [0.29, 0.717) is 64.7 Å². The quantitative estimate of drug-likeness (QED) is 0.356. The third-order valence-electron chi connectivity index (χ3n) is 7.18. The number of nitrogens with one attached hydrogen (secondary N) is 3. The van der Waals surface area contributed by atoms with Crippen LogP contribution >= 0.6 is 0 Å². The van der Waals surface area contributed by atoms with Gasteiger partial charge in [0.1, 0.15) is 41.4 Å². The van der Waals surface area contributed by atoms with E-state index in [1.165, 1.54) is 25.4 Å². The first kappa shape index (κ1) is 26.0. The van der Waals surface area contributed by atoms with E-state index in [4.69, 9.17) is 4.74 Å². The number of halogens is 2. The van der Waals surface area contributed by atoms with Gasteiger partial charge in [0.15, 0.2) is 0 Å². The standard InChI is InChI=1S/C27H31F2N5O4/c1-13-22(27(37)33-17-6-7-20(19(29)10-17)34-26(36)14(2)35)24-25(32-13)23(30-12-31-24)18-9-16(28)5-8-21(18)38-11-15-3-4-15/h5,8-9,12,14-15,17,19-20,32,35H,3-4,6-7,10-11H2,1-2H3,(H,33,37)(H,34,36)/t14-,17+,19+,20+/m0/s1. The molecular formula is C27H31F2N5O4. The number of benzene rings is 1. The maximum atomic E-state index is 14.8. The monoisotopic (exact) mass is 527 g/mol. The lowest BCUT2D eigenvalue weighted by molar-refractivity contribution is -0.130. The zero-order valence-electron chi connectivity index (χ0n) is 21.3. The van der Waals surface area contributed by atoms with Gasteiger partial charge in [-0.05, 0) is 63.6 Å². The highest BCUT2D eigenvalue weighted by molar-refractivity contribution is 6.09. The molecule has 4 atom stereocenters. The molecule has 9 nitrogen and oxygen atoms in total. The maximum Gasteiger partial charge on any atom is 0.255 e. The van der Waals surface area contributed by atoms with Crippen LogP contribution in [0.1, 0.15) is 55.1 Å². The Kier molecular flexibility index (Phi) is 7.29. The number of aliphatic hydroxyl groups excluding tert-OH is 1. The molecule has 2 aromatic heterocycles. The predicted octanol–water partition coefficient (Wildman–Crippen LogP) is 3.35. The van der Waals surface area contributed by atoms with Crippen LogP contribution in [0.25, 0.3) is 22.3 Å². The lowest BCUT2D eigenvalue weighted by Crippen LogP contribution is -2.51. The minimum absolute atomic E-state index is 0.0309. The number of fused-ring (bicyclic) bond motifs is 1. The summed E-state index contributed by atoms with van der Waals surface area (Å²) in [4.78, 5) is 36.9. The van der Waals surface area contributed by atoms with E-state index in [-0.39, 0.29) is 6.42 Å². The van der Waals surface area contributed by atoms with Crippen LogP contribution in [0.4, 0.5) is 8.78 Å². The Labute approximate surface area is 218 Å². The van der Waals surface area contributed by atoms with E-state index in [1.807, 2.05) is 0 Å². The van der Waals surface area contributed by atoms with Gasteiger partial charge in [-0.15, -0.1) is 0 Å². The van der Waals surface area contributed by atoms with E-state index in [0.717, 1.165) is 12.8 Å². The molecule has 2 aliphatic carbocycles. The SMILES string of the molecule is Cc1[nH]c2c(-c3cc(F)ccc3OCC3CC3)ncnc2c1C(=O)N[C@@H]1CC[C@@H](NC(=O)[C@H](C)O)[C@H](F)C1. The fourth-order valence-corrected chi connectivity index (χ4v) is 4.88. The molecule has 1 aromatic carbocycles. The van der Waals surface area contributed by atoms with E-state index < -0.39 is 42.0 Å². The zero-order chi connectivity index (χ0) is 27.0. The maximum absolute atomic E-state index is 14.8. The van der Waals surface area contributed by atoms with Crippen molar-refractivity contribution >= 4 is 22.8 Å². The molecule has 2 heterocycles. The molecule has 4 N–H and O–H groups in total. The number of carbonyl (C=O) groups excluding carboxylic acids is 2.